The number of ether oxygens (including phenoxy) is 3. The number of pyridine rings is 1. The molecule has 1 aromatic rings. The number of carbonyl (C=O) groups excluding carboxylic acids is 1. The molecule has 1 N–H and O–H groups in total. The molecule has 0 spiro atoms. The van der Waals surface area contributed by atoms with Crippen molar-refractivity contribution in [2.75, 3.05) is 31.7 Å². The van der Waals surface area contributed by atoms with Crippen molar-refractivity contribution in [2.45, 2.75) is 60.0 Å². The van der Waals surface area contributed by atoms with Crippen LogP contribution in [0.5, 0.6) is 5.88 Å². The third kappa shape index (κ3) is 7.30. The molecule has 0 aliphatic carbocycles. The van der Waals surface area contributed by atoms with Crippen LogP contribution < -0.4 is 10.1 Å². The average molecular weight is 367 g/mol. The number of nitrogens with zero attached hydrogens (tertiary/aromatic N) is 1. The van der Waals surface area contributed by atoms with Crippen molar-refractivity contribution in [3.8, 4) is 5.88 Å². The van der Waals surface area contributed by atoms with Gasteiger partial charge in [0.2, 0.25) is 5.88 Å². The van der Waals surface area contributed by atoms with Crippen LogP contribution in [0.15, 0.2) is 12.1 Å². The molecule has 26 heavy (non-hydrogen) atoms. The van der Waals surface area contributed by atoms with Gasteiger partial charge in [0.15, 0.2) is 0 Å². The molecule has 0 aliphatic heterocycles. The fourth-order valence-corrected chi connectivity index (χ4v) is 2.68. The number of hydrogen-bond donors (Lipinski definition) is 1. The molecule has 0 bridgehead atoms. The highest BCUT2D eigenvalue weighted by Gasteiger charge is 2.35. The molecule has 1 heterocycles. The molecular formula is C20H34N2O4. The summed E-state index contributed by atoms with van der Waals surface area (Å²) in [5, 5.41) is 2.96. The third-order valence-electron chi connectivity index (χ3n) is 3.89. The first-order valence-electron chi connectivity index (χ1n) is 9.46. The van der Waals surface area contributed by atoms with Crippen molar-refractivity contribution in [3.05, 3.63) is 17.8 Å². The minimum absolute atomic E-state index is 0.144. The molecule has 1 amide bonds. The molecule has 1 rings (SSSR count). The van der Waals surface area contributed by atoms with Crippen molar-refractivity contribution in [2.24, 2.45) is 5.92 Å². The second-order valence-electron chi connectivity index (χ2n) is 6.96. The Hall–Kier alpha value is -1.66. The Bertz CT molecular complexity index is 563. The Balaban J connectivity index is 2.77. The topological polar surface area (TPSA) is 69.7 Å². The summed E-state index contributed by atoms with van der Waals surface area (Å²) in [4.78, 5) is 17.2. The van der Waals surface area contributed by atoms with Crippen LogP contribution in [-0.2, 0) is 14.3 Å². The minimum Gasteiger partial charge on any atom is -0.475 e. The van der Waals surface area contributed by atoms with Crippen LogP contribution in [0.2, 0.25) is 0 Å². The molecule has 148 valence electrons. The molecule has 6 heteroatoms. The van der Waals surface area contributed by atoms with Gasteiger partial charge >= 0.3 is 0 Å². The van der Waals surface area contributed by atoms with Gasteiger partial charge in [-0.2, -0.15) is 0 Å². The lowest BCUT2D eigenvalue weighted by Crippen LogP contribution is -2.44. The average Bonchev–Trinajstić information content (AvgIpc) is 2.58. The van der Waals surface area contributed by atoms with Crippen LogP contribution in [0.25, 0.3) is 0 Å². The maximum Gasteiger partial charge on any atom is 0.256 e. The Kier molecular flexibility index (Phi) is 9.59. The summed E-state index contributed by atoms with van der Waals surface area (Å²) in [6.07, 6.45) is 1.53. The molecule has 6 nitrogen and oxygen atoms in total. The van der Waals surface area contributed by atoms with Crippen molar-refractivity contribution >= 4 is 11.6 Å². The number of nitrogens with one attached hydrogen (secondary N) is 1. The summed E-state index contributed by atoms with van der Waals surface area (Å²) in [5.41, 5.74) is 0.514. The zero-order chi connectivity index (χ0) is 19.6. The van der Waals surface area contributed by atoms with Crippen LogP contribution >= 0.6 is 0 Å². The predicted octanol–water partition coefficient (Wildman–Crippen LogP) is 3.98. The number of carbonyl (C=O) groups is 1. The third-order valence-corrected chi connectivity index (χ3v) is 3.89. The van der Waals surface area contributed by atoms with Gasteiger partial charge in [0.25, 0.3) is 5.91 Å². The minimum atomic E-state index is -0.858. The van der Waals surface area contributed by atoms with Crippen LogP contribution in [0.4, 0.5) is 5.69 Å². The zero-order valence-electron chi connectivity index (χ0n) is 17.1. The first-order valence-corrected chi connectivity index (χ1v) is 9.46. The first kappa shape index (κ1) is 22.4. The van der Waals surface area contributed by atoms with E-state index >= 15 is 0 Å². The SMILES string of the molecule is CCCOC(C)(CC(C)C)C(=O)Nc1ccc(OCCOCC)nc1C. The molecule has 0 saturated heterocycles. The Morgan fingerprint density at radius 2 is 1.96 bits per heavy atom. The number of amides is 1. The van der Waals surface area contributed by atoms with Crippen LogP contribution in [-0.4, -0.2) is 42.9 Å². The largest absolute Gasteiger partial charge is 0.475 e. The number of anilines is 1. The number of aryl methyl sites for hydroxylation is 1. The summed E-state index contributed by atoms with van der Waals surface area (Å²) in [5.74, 6) is 0.727. The molecular weight excluding hydrogens is 332 g/mol. The highest BCUT2D eigenvalue weighted by molar-refractivity contribution is 5.97. The van der Waals surface area contributed by atoms with Gasteiger partial charge in [0.1, 0.15) is 12.2 Å². The summed E-state index contributed by atoms with van der Waals surface area (Å²) in [7, 11) is 0. The lowest BCUT2D eigenvalue weighted by Gasteiger charge is -2.30. The van der Waals surface area contributed by atoms with E-state index in [0.717, 1.165) is 6.42 Å². The van der Waals surface area contributed by atoms with Crippen LogP contribution in [0, 0.1) is 12.8 Å². The molecule has 1 unspecified atom stereocenters. The van der Waals surface area contributed by atoms with E-state index in [1.165, 1.54) is 0 Å². The van der Waals surface area contributed by atoms with Gasteiger partial charge in [0.05, 0.1) is 18.0 Å². The smallest absolute Gasteiger partial charge is 0.256 e. The molecule has 0 aromatic carbocycles. The number of rotatable bonds is 12. The zero-order valence-corrected chi connectivity index (χ0v) is 17.1. The van der Waals surface area contributed by atoms with E-state index in [1.807, 2.05) is 33.8 Å². The van der Waals surface area contributed by atoms with E-state index in [4.69, 9.17) is 14.2 Å². The second kappa shape index (κ2) is 11.1. The summed E-state index contributed by atoms with van der Waals surface area (Å²) >= 11 is 0. The standard InChI is InChI=1S/C20H34N2O4/c1-7-11-26-20(6,14-15(3)4)19(23)22-17-9-10-18(21-16(17)5)25-13-12-24-8-2/h9-10,15H,7-8,11-14H2,1-6H3,(H,22,23). The number of hydrogen-bond acceptors (Lipinski definition) is 5. The quantitative estimate of drug-likeness (QED) is 0.567. The van der Waals surface area contributed by atoms with E-state index in [-0.39, 0.29) is 5.91 Å². The fourth-order valence-electron chi connectivity index (χ4n) is 2.68. The van der Waals surface area contributed by atoms with Gasteiger partial charge in [-0.1, -0.05) is 20.8 Å². The van der Waals surface area contributed by atoms with E-state index in [2.05, 4.69) is 24.1 Å². The van der Waals surface area contributed by atoms with Gasteiger partial charge in [-0.3, -0.25) is 4.79 Å². The highest BCUT2D eigenvalue weighted by Crippen LogP contribution is 2.25. The highest BCUT2D eigenvalue weighted by atomic mass is 16.5. The van der Waals surface area contributed by atoms with Gasteiger partial charge in [-0.15, -0.1) is 0 Å². The summed E-state index contributed by atoms with van der Waals surface area (Å²) < 4.78 is 16.7. The van der Waals surface area contributed by atoms with Crippen molar-refractivity contribution in [1.82, 2.24) is 4.98 Å². The van der Waals surface area contributed by atoms with E-state index < -0.39 is 5.60 Å². The lowest BCUT2D eigenvalue weighted by molar-refractivity contribution is -0.141. The maximum absolute atomic E-state index is 12.8. The molecule has 0 radical (unpaired) electrons. The monoisotopic (exact) mass is 366 g/mol. The fraction of sp³-hybridized carbons (Fsp3) is 0.700. The first-order chi connectivity index (χ1) is 12.3. The Labute approximate surface area is 157 Å². The van der Waals surface area contributed by atoms with Crippen LogP contribution in [0.3, 0.4) is 0 Å². The lowest BCUT2D eigenvalue weighted by atomic mass is 9.93. The van der Waals surface area contributed by atoms with Gasteiger partial charge in [0, 0.05) is 19.3 Å². The summed E-state index contributed by atoms with van der Waals surface area (Å²) in [6, 6.07) is 3.56. The second-order valence-corrected chi connectivity index (χ2v) is 6.96. The van der Waals surface area contributed by atoms with Gasteiger partial charge < -0.3 is 19.5 Å². The summed E-state index contributed by atoms with van der Waals surface area (Å²) in [6.45, 7) is 14.0. The van der Waals surface area contributed by atoms with E-state index in [9.17, 15) is 4.79 Å². The normalized spacial score (nSPS) is 13.5. The molecule has 1 aromatic heterocycles. The molecule has 0 aliphatic rings. The Morgan fingerprint density at radius 3 is 2.54 bits per heavy atom. The Morgan fingerprint density at radius 1 is 1.23 bits per heavy atom. The van der Waals surface area contributed by atoms with Crippen molar-refractivity contribution in [1.29, 1.82) is 0 Å². The maximum atomic E-state index is 12.8. The predicted molar refractivity (Wildman–Crippen MR) is 104 cm³/mol. The van der Waals surface area contributed by atoms with Gasteiger partial charge in [-0.25, -0.2) is 4.98 Å². The molecule has 0 fully saturated rings. The van der Waals surface area contributed by atoms with Crippen molar-refractivity contribution in [3.63, 3.8) is 0 Å². The number of aromatic nitrogens is 1. The molecule has 1 atom stereocenters. The van der Waals surface area contributed by atoms with E-state index in [1.54, 1.807) is 6.07 Å². The van der Waals surface area contributed by atoms with Gasteiger partial charge in [-0.05, 0) is 45.6 Å². The van der Waals surface area contributed by atoms with E-state index in [0.29, 0.717) is 56.0 Å². The van der Waals surface area contributed by atoms with Crippen molar-refractivity contribution < 1.29 is 19.0 Å². The van der Waals surface area contributed by atoms with Crippen LogP contribution in [0.1, 0.15) is 53.2 Å². The molecule has 0 saturated carbocycles.